The van der Waals surface area contributed by atoms with Crippen LogP contribution in [0, 0.1) is 0 Å². The summed E-state index contributed by atoms with van der Waals surface area (Å²) < 4.78 is 5.21. The first-order valence-electron chi connectivity index (χ1n) is 4.76. The monoisotopic (exact) mass is 229 g/mol. The van der Waals surface area contributed by atoms with E-state index in [-0.39, 0.29) is 0 Å². The van der Waals surface area contributed by atoms with Gasteiger partial charge in [-0.25, -0.2) is 0 Å². The van der Waals surface area contributed by atoms with Gasteiger partial charge in [0, 0.05) is 27.3 Å². The highest BCUT2D eigenvalue weighted by molar-refractivity contribution is 7.08. The summed E-state index contributed by atoms with van der Waals surface area (Å²) in [5.41, 5.74) is 2.97. The Morgan fingerprint density at radius 1 is 1.25 bits per heavy atom. The minimum Gasteiger partial charge on any atom is -0.356 e. The first-order valence-corrected chi connectivity index (χ1v) is 5.70. The predicted molar refractivity (Wildman–Crippen MR) is 62.7 cm³/mol. The van der Waals surface area contributed by atoms with Gasteiger partial charge >= 0.3 is 0 Å². The Hall–Kier alpha value is -1.94. The molecule has 0 saturated carbocycles. The number of carbonyl (C=O) groups is 1. The molecule has 0 fully saturated rings. The minimum atomic E-state index is 0.657. The van der Waals surface area contributed by atoms with Crippen LogP contribution >= 0.6 is 11.3 Å². The van der Waals surface area contributed by atoms with Crippen LogP contribution in [-0.4, -0.2) is 11.4 Å². The SMILES string of the molecule is O=Cc1cscc1-c1noc2ccccc12. The standard InChI is InChI=1S/C12H7NO2S/c14-5-8-6-16-7-10(8)12-9-3-1-2-4-11(9)15-13-12/h1-7H. The van der Waals surface area contributed by atoms with Crippen LogP contribution in [0.4, 0.5) is 0 Å². The lowest BCUT2D eigenvalue weighted by Gasteiger charge is -1.92. The molecule has 0 spiro atoms. The van der Waals surface area contributed by atoms with Gasteiger partial charge in [-0.15, -0.1) is 0 Å². The van der Waals surface area contributed by atoms with Crippen molar-refractivity contribution in [3.8, 4) is 11.3 Å². The molecular weight excluding hydrogens is 222 g/mol. The second-order valence-corrected chi connectivity index (χ2v) is 4.13. The third kappa shape index (κ3) is 1.27. The molecule has 0 radical (unpaired) electrons. The summed E-state index contributed by atoms with van der Waals surface area (Å²) in [6.07, 6.45) is 0.843. The summed E-state index contributed by atoms with van der Waals surface area (Å²) in [4.78, 5) is 10.9. The van der Waals surface area contributed by atoms with Gasteiger partial charge in [-0.1, -0.05) is 17.3 Å². The normalized spacial score (nSPS) is 10.8. The van der Waals surface area contributed by atoms with Crippen molar-refractivity contribution in [2.45, 2.75) is 0 Å². The highest BCUT2D eigenvalue weighted by Gasteiger charge is 2.13. The summed E-state index contributed by atoms with van der Waals surface area (Å²) >= 11 is 1.48. The number of fused-ring (bicyclic) bond motifs is 1. The fourth-order valence-electron chi connectivity index (χ4n) is 1.67. The second kappa shape index (κ2) is 3.57. The molecule has 3 rings (SSSR count). The maximum atomic E-state index is 10.9. The fourth-order valence-corrected chi connectivity index (χ4v) is 2.45. The van der Waals surface area contributed by atoms with Crippen LogP contribution in [0.15, 0.2) is 39.5 Å². The van der Waals surface area contributed by atoms with E-state index in [1.54, 1.807) is 0 Å². The highest BCUT2D eigenvalue weighted by Crippen LogP contribution is 2.31. The molecule has 0 amide bonds. The zero-order valence-electron chi connectivity index (χ0n) is 8.21. The molecule has 0 aliphatic carbocycles. The molecule has 0 aliphatic heterocycles. The number of hydrogen-bond acceptors (Lipinski definition) is 4. The third-order valence-electron chi connectivity index (χ3n) is 2.45. The topological polar surface area (TPSA) is 43.1 Å². The molecular formula is C12H7NO2S. The summed E-state index contributed by atoms with van der Waals surface area (Å²) in [5.74, 6) is 0. The van der Waals surface area contributed by atoms with Gasteiger partial charge in [0.2, 0.25) is 0 Å². The van der Waals surface area contributed by atoms with Crippen molar-refractivity contribution in [2.24, 2.45) is 0 Å². The number of hydrogen-bond donors (Lipinski definition) is 0. The average molecular weight is 229 g/mol. The van der Waals surface area contributed by atoms with Gasteiger partial charge in [-0.2, -0.15) is 11.3 Å². The van der Waals surface area contributed by atoms with Gasteiger partial charge in [0.15, 0.2) is 11.9 Å². The Kier molecular flexibility index (Phi) is 2.08. The summed E-state index contributed by atoms with van der Waals surface area (Å²) in [6, 6.07) is 7.62. The summed E-state index contributed by atoms with van der Waals surface area (Å²) in [6.45, 7) is 0. The molecule has 1 aromatic carbocycles. The molecule has 0 aliphatic rings. The van der Waals surface area contributed by atoms with E-state index in [1.807, 2.05) is 35.0 Å². The molecule has 4 heteroatoms. The number of benzene rings is 1. The highest BCUT2D eigenvalue weighted by atomic mass is 32.1. The number of thiophene rings is 1. The lowest BCUT2D eigenvalue weighted by atomic mass is 10.1. The van der Waals surface area contributed by atoms with Crippen molar-refractivity contribution < 1.29 is 9.32 Å². The number of rotatable bonds is 2. The maximum Gasteiger partial charge on any atom is 0.167 e. The molecule has 3 aromatic rings. The Bertz CT molecular complexity index is 654. The van der Waals surface area contributed by atoms with Crippen molar-refractivity contribution in [3.63, 3.8) is 0 Å². The van der Waals surface area contributed by atoms with Crippen molar-refractivity contribution in [1.82, 2.24) is 5.16 Å². The molecule has 16 heavy (non-hydrogen) atoms. The van der Waals surface area contributed by atoms with Gasteiger partial charge in [-0.3, -0.25) is 4.79 Å². The van der Waals surface area contributed by atoms with Gasteiger partial charge in [0.1, 0.15) is 5.69 Å². The maximum absolute atomic E-state index is 10.9. The molecule has 2 aromatic heterocycles. The smallest absolute Gasteiger partial charge is 0.167 e. The van der Waals surface area contributed by atoms with E-state index >= 15 is 0 Å². The number of carbonyl (C=O) groups excluding carboxylic acids is 1. The van der Waals surface area contributed by atoms with Crippen LogP contribution in [-0.2, 0) is 0 Å². The van der Waals surface area contributed by atoms with Crippen molar-refractivity contribution in [3.05, 3.63) is 40.6 Å². The lowest BCUT2D eigenvalue weighted by Crippen LogP contribution is -1.81. The van der Waals surface area contributed by atoms with E-state index in [0.29, 0.717) is 5.56 Å². The van der Waals surface area contributed by atoms with Crippen molar-refractivity contribution in [2.75, 3.05) is 0 Å². The van der Waals surface area contributed by atoms with E-state index < -0.39 is 0 Å². The van der Waals surface area contributed by atoms with Crippen LogP contribution < -0.4 is 0 Å². The molecule has 3 nitrogen and oxygen atoms in total. The Morgan fingerprint density at radius 3 is 3.00 bits per heavy atom. The van der Waals surface area contributed by atoms with Gasteiger partial charge in [0.25, 0.3) is 0 Å². The van der Waals surface area contributed by atoms with E-state index in [4.69, 9.17) is 4.52 Å². The van der Waals surface area contributed by atoms with E-state index in [9.17, 15) is 4.79 Å². The number of nitrogens with zero attached hydrogens (tertiary/aromatic N) is 1. The van der Waals surface area contributed by atoms with Crippen LogP contribution in [0.5, 0.6) is 0 Å². The third-order valence-corrected chi connectivity index (χ3v) is 3.21. The van der Waals surface area contributed by atoms with E-state index in [1.165, 1.54) is 11.3 Å². The molecule has 0 bridgehead atoms. The second-order valence-electron chi connectivity index (χ2n) is 3.39. The van der Waals surface area contributed by atoms with Gasteiger partial charge in [0.05, 0.1) is 0 Å². The lowest BCUT2D eigenvalue weighted by molar-refractivity contribution is 0.112. The Morgan fingerprint density at radius 2 is 2.12 bits per heavy atom. The molecule has 2 heterocycles. The summed E-state index contributed by atoms with van der Waals surface area (Å²) in [5, 5.41) is 8.68. The van der Waals surface area contributed by atoms with Crippen LogP contribution in [0.3, 0.4) is 0 Å². The zero-order chi connectivity index (χ0) is 11.0. The zero-order valence-corrected chi connectivity index (χ0v) is 9.03. The van der Waals surface area contributed by atoms with E-state index in [0.717, 1.165) is 28.5 Å². The molecule has 0 saturated heterocycles. The van der Waals surface area contributed by atoms with Crippen molar-refractivity contribution >= 4 is 28.6 Å². The Labute approximate surface area is 95.3 Å². The van der Waals surface area contributed by atoms with Crippen molar-refractivity contribution in [1.29, 1.82) is 0 Å². The minimum absolute atomic E-state index is 0.657. The first kappa shape index (κ1) is 9.30. The average Bonchev–Trinajstić information content (AvgIpc) is 2.94. The quantitative estimate of drug-likeness (QED) is 0.633. The Balaban J connectivity index is 2.30. The molecule has 0 unspecified atom stereocenters. The van der Waals surface area contributed by atoms with E-state index in [2.05, 4.69) is 5.16 Å². The van der Waals surface area contributed by atoms with Crippen LogP contribution in [0.25, 0.3) is 22.2 Å². The van der Waals surface area contributed by atoms with Crippen LogP contribution in [0.2, 0.25) is 0 Å². The predicted octanol–water partition coefficient (Wildman–Crippen LogP) is 3.37. The molecule has 0 atom stereocenters. The molecule has 78 valence electrons. The fraction of sp³-hybridized carbons (Fsp3) is 0. The largest absolute Gasteiger partial charge is 0.356 e. The first-order chi connectivity index (χ1) is 7.90. The number of para-hydroxylation sites is 1. The van der Waals surface area contributed by atoms with Gasteiger partial charge in [-0.05, 0) is 12.1 Å². The van der Waals surface area contributed by atoms with Gasteiger partial charge < -0.3 is 4.52 Å². The molecule has 0 N–H and O–H groups in total. The summed E-state index contributed by atoms with van der Waals surface area (Å²) in [7, 11) is 0. The van der Waals surface area contributed by atoms with Crippen LogP contribution in [0.1, 0.15) is 10.4 Å². The number of aromatic nitrogens is 1. The number of aldehydes is 1.